The molecule has 0 spiro atoms. The van der Waals surface area contributed by atoms with Gasteiger partial charge in [0, 0.05) is 6.54 Å². The summed E-state index contributed by atoms with van der Waals surface area (Å²) in [7, 11) is -3.91. The summed E-state index contributed by atoms with van der Waals surface area (Å²) in [6.45, 7) is 2.58. The van der Waals surface area contributed by atoms with Gasteiger partial charge in [0.05, 0.1) is 5.75 Å². The second-order valence-corrected chi connectivity index (χ2v) is 11.0. The third kappa shape index (κ3) is 32.1. The SMILES string of the molecule is CCCCCCCCCCCCCCCCCCCC/C=C/C([O-])=NCCCCS(=O)(=O)O.[Na+]. The average molecular weight is 510 g/mol. The van der Waals surface area contributed by atoms with Crippen molar-refractivity contribution in [3.63, 3.8) is 0 Å². The zero-order valence-corrected chi connectivity index (χ0v) is 25.3. The van der Waals surface area contributed by atoms with Crippen molar-refractivity contribution in [1.82, 2.24) is 0 Å². The van der Waals surface area contributed by atoms with E-state index in [1.54, 1.807) is 0 Å². The summed E-state index contributed by atoms with van der Waals surface area (Å²) in [4.78, 5) is 3.86. The fourth-order valence-corrected chi connectivity index (χ4v) is 4.56. The van der Waals surface area contributed by atoms with Crippen LogP contribution in [0.4, 0.5) is 0 Å². The van der Waals surface area contributed by atoms with E-state index in [1.807, 2.05) is 6.08 Å². The van der Waals surface area contributed by atoms with E-state index in [2.05, 4.69) is 11.9 Å². The molecule has 5 nitrogen and oxygen atoms in total. The summed E-state index contributed by atoms with van der Waals surface area (Å²) >= 11 is 0. The van der Waals surface area contributed by atoms with Crippen LogP contribution in [0, 0.1) is 0 Å². The normalized spacial score (nSPS) is 12.4. The first kappa shape index (κ1) is 36.3. The van der Waals surface area contributed by atoms with Crippen LogP contribution in [-0.4, -0.2) is 31.2 Å². The van der Waals surface area contributed by atoms with Crippen molar-refractivity contribution in [3.05, 3.63) is 12.2 Å². The third-order valence-electron chi connectivity index (χ3n) is 6.06. The number of rotatable bonds is 25. The van der Waals surface area contributed by atoms with Gasteiger partial charge in [0.15, 0.2) is 0 Å². The van der Waals surface area contributed by atoms with E-state index in [4.69, 9.17) is 4.55 Å². The van der Waals surface area contributed by atoms with Crippen molar-refractivity contribution >= 4 is 16.0 Å². The molecule has 0 atom stereocenters. The smallest absolute Gasteiger partial charge is 0.859 e. The fraction of sp³-hybridized carbons (Fsp3) is 0.889. The predicted octanol–water partition coefficient (Wildman–Crippen LogP) is 4.41. The molecule has 0 unspecified atom stereocenters. The number of unbranched alkanes of at least 4 members (excludes halogenated alkanes) is 19. The van der Waals surface area contributed by atoms with Crippen LogP contribution in [0.1, 0.15) is 142 Å². The van der Waals surface area contributed by atoms with Crippen molar-refractivity contribution in [2.24, 2.45) is 4.99 Å². The molecule has 0 radical (unpaired) electrons. The molecule has 0 aromatic rings. The summed E-state index contributed by atoms with van der Waals surface area (Å²) in [5.41, 5.74) is 0. The first-order valence-corrected chi connectivity index (χ1v) is 15.4. The largest absolute Gasteiger partial charge is 1.00 e. The van der Waals surface area contributed by atoms with Gasteiger partial charge in [0.2, 0.25) is 0 Å². The van der Waals surface area contributed by atoms with Crippen molar-refractivity contribution in [2.75, 3.05) is 12.3 Å². The van der Waals surface area contributed by atoms with Crippen LogP contribution < -0.4 is 34.7 Å². The molecule has 0 bridgehead atoms. The van der Waals surface area contributed by atoms with Crippen LogP contribution in [0.5, 0.6) is 0 Å². The molecule has 0 aromatic heterocycles. The van der Waals surface area contributed by atoms with Gasteiger partial charge in [-0.15, -0.1) is 0 Å². The van der Waals surface area contributed by atoms with Crippen LogP contribution in [0.2, 0.25) is 0 Å². The van der Waals surface area contributed by atoms with Crippen LogP contribution in [0.3, 0.4) is 0 Å². The van der Waals surface area contributed by atoms with E-state index >= 15 is 0 Å². The minimum atomic E-state index is -3.91. The maximum absolute atomic E-state index is 11.6. The number of aliphatic imine (C=N–C) groups is 1. The van der Waals surface area contributed by atoms with Gasteiger partial charge < -0.3 is 10.1 Å². The molecule has 0 aliphatic heterocycles. The molecule has 1 N–H and O–H groups in total. The molecule has 0 rings (SSSR count). The zero-order valence-electron chi connectivity index (χ0n) is 22.4. The summed E-state index contributed by atoms with van der Waals surface area (Å²) in [5.74, 6) is -0.532. The Labute approximate surface area is 233 Å². The maximum atomic E-state index is 11.6. The van der Waals surface area contributed by atoms with E-state index in [0.29, 0.717) is 19.4 Å². The molecule has 34 heavy (non-hydrogen) atoms. The number of hydrogen-bond donors (Lipinski definition) is 1. The standard InChI is InChI=1S/C27H53NO4S.Na/c1-2-3-4-5-6-7-8-9-10-11-12-13-14-15-16-17-18-19-20-21-24-27(29)28-25-22-23-26-33(30,31)32;/h21,24H,2-20,22-23,25-26H2,1H3,(H,28,29)(H,30,31,32);/q;+1/p-1/b24-21+;. The Morgan fingerprint density at radius 1 is 0.706 bits per heavy atom. The minimum absolute atomic E-state index is 0. The molecule has 0 aliphatic rings. The maximum Gasteiger partial charge on any atom is 1.00 e. The first-order valence-electron chi connectivity index (χ1n) is 13.8. The van der Waals surface area contributed by atoms with E-state index in [1.165, 1.54) is 115 Å². The van der Waals surface area contributed by atoms with Gasteiger partial charge in [-0.25, -0.2) is 0 Å². The van der Waals surface area contributed by atoms with Gasteiger partial charge in [-0.05, 0) is 31.6 Å². The molecule has 0 saturated heterocycles. The summed E-state index contributed by atoms with van der Waals surface area (Å²) in [6, 6.07) is 0. The monoisotopic (exact) mass is 509 g/mol. The van der Waals surface area contributed by atoms with Gasteiger partial charge in [0.25, 0.3) is 10.1 Å². The predicted molar refractivity (Wildman–Crippen MR) is 140 cm³/mol. The van der Waals surface area contributed by atoms with E-state index in [-0.39, 0.29) is 41.2 Å². The Bertz CT molecular complexity index is 579. The molecular formula is C27H52NNaO4S. The third-order valence-corrected chi connectivity index (χ3v) is 6.87. The fourth-order valence-electron chi connectivity index (χ4n) is 3.99. The van der Waals surface area contributed by atoms with Gasteiger partial charge >= 0.3 is 29.6 Å². The molecule has 0 saturated carbocycles. The molecule has 0 fully saturated rings. The second-order valence-electron chi connectivity index (χ2n) is 9.41. The number of hydrogen-bond acceptors (Lipinski definition) is 4. The Morgan fingerprint density at radius 3 is 1.53 bits per heavy atom. The topological polar surface area (TPSA) is 89.8 Å². The van der Waals surface area contributed by atoms with Crippen LogP contribution in [0.15, 0.2) is 17.1 Å². The van der Waals surface area contributed by atoms with Crippen molar-refractivity contribution in [3.8, 4) is 0 Å². The van der Waals surface area contributed by atoms with E-state index < -0.39 is 10.1 Å². The number of nitrogens with zero attached hydrogens (tertiary/aromatic N) is 1. The molecule has 0 aliphatic carbocycles. The summed E-state index contributed by atoms with van der Waals surface area (Å²) in [6.07, 6.45) is 29.7. The van der Waals surface area contributed by atoms with E-state index in [9.17, 15) is 13.5 Å². The molecular weight excluding hydrogens is 457 g/mol. The summed E-state index contributed by atoms with van der Waals surface area (Å²) < 4.78 is 29.8. The Hall–Kier alpha value is 0.120. The van der Waals surface area contributed by atoms with Crippen LogP contribution in [0.25, 0.3) is 0 Å². The van der Waals surface area contributed by atoms with Gasteiger partial charge in [-0.1, -0.05) is 128 Å². The molecule has 0 amide bonds. The van der Waals surface area contributed by atoms with Crippen LogP contribution in [-0.2, 0) is 10.1 Å². The van der Waals surface area contributed by atoms with E-state index in [0.717, 1.165) is 12.8 Å². The Morgan fingerprint density at radius 2 is 1.12 bits per heavy atom. The molecule has 196 valence electrons. The minimum Gasteiger partial charge on any atom is -0.859 e. The van der Waals surface area contributed by atoms with Gasteiger partial charge in [0.1, 0.15) is 0 Å². The Balaban J connectivity index is 0. The van der Waals surface area contributed by atoms with Crippen molar-refractivity contribution < 1.29 is 47.6 Å². The summed E-state index contributed by atoms with van der Waals surface area (Å²) in [5, 5.41) is 11.6. The Kier molecular flexibility index (Phi) is 29.6. The first-order chi connectivity index (χ1) is 16.0. The second kappa shape index (κ2) is 27.7. The zero-order chi connectivity index (χ0) is 24.5. The van der Waals surface area contributed by atoms with Crippen LogP contribution >= 0.6 is 0 Å². The molecule has 0 aromatic carbocycles. The van der Waals surface area contributed by atoms with Gasteiger partial charge in [-0.3, -0.25) is 4.55 Å². The number of allylic oxidation sites excluding steroid dienone is 1. The average Bonchev–Trinajstić information content (AvgIpc) is 2.76. The van der Waals surface area contributed by atoms with Gasteiger partial charge in [-0.2, -0.15) is 8.42 Å². The molecule has 0 heterocycles. The molecule has 7 heteroatoms. The van der Waals surface area contributed by atoms with Crippen molar-refractivity contribution in [1.29, 1.82) is 0 Å². The van der Waals surface area contributed by atoms with Crippen molar-refractivity contribution in [2.45, 2.75) is 142 Å². The quantitative estimate of drug-likeness (QED) is 0.0649.